The zero-order chi connectivity index (χ0) is 10.6. The average molecular weight is 190 g/mol. The fourth-order valence-electron chi connectivity index (χ4n) is 1.21. The smallest absolute Gasteiger partial charge is 0.293 e. The van der Waals surface area contributed by atoms with Gasteiger partial charge in [-0.25, -0.2) is 0 Å². The third kappa shape index (κ3) is 2.22. The van der Waals surface area contributed by atoms with Gasteiger partial charge in [0.2, 0.25) is 0 Å². The summed E-state index contributed by atoms with van der Waals surface area (Å²) in [4.78, 5) is 10.3. The van der Waals surface area contributed by atoms with E-state index in [0.717, 1.165) is 11.1 Å². The van der Waals surface area contributed by atoms with Gasteiger partial charge in [-0.3, -0.25) is 4.79 Å². The van der Waals surface area contributed by atoms with Crippen molar-refractivity contribution in [1.29, 1.82) is 0 Å². The minimum Gasteiger partial charge on any atom is -0.457 e. The van der Waals surface area contributed by atoms with Crippen molar-refractivity contribution in [3.8, 4) is 0 Å². The van der Waals surface area contributed by atoms with E-state index in [-0.39, 0.29) is 0 Å². The number of ether oxygens (including phenoxy) is 1. The molecule has 0 radical (unpaired) electrons. The van der Waals surface area contributed by atoms with Crippen LogP contribution in [0.4, 0.5) is 0 Å². The van der Waals surface area contributed by atoms with Crippen molar-refractivity contribution in [2.75, 3.05) is 0 Å². The highest BCUT2D eigenvalue weighted by molar-refractivity contribution is 5.48. The van der Waals surface area contributed by atoms with E-state index in [2.05, 4.69) is 6.58 Å². The molecule has 0 aromatic heterocycles. The summed E-state index contributed by atoms with van der Waals surface area (Å²) in [6.45, 7) is 7.85. The van der Waals surface area contributed by atoms with Gasteiger partial charge >= 0.3 is 0 Å². The molecule has 14 heavy (non-hydrogen) atoms. The van der Waals surface area contributed by atoms with Crippen molar-refractivity contribution in [2.45, 2.75) is 19.4 Å². The Bertz CT molecular complexity index is 323. The van der Waals surface area contributed by atoms with E-state index in [4.69, 9.17) is 4.74 Å². The lowest BCUT2D eigenvalue weighted by Crippen LogP contribution is -2.20. The first-order valence-corrected chi connectivity index (χ1v) is 4.44. The van der Waals surface area contributed by atoms with Crippen molar-refractivity contribution in [3.05, 3.63) is 42.0 Å². The number of carbonyl (C=O) groups is 1. The highest BCUT2D eigenvalue weighted by Crippen LogP contribution is 2.23. The Balaban J connectivity index is 2.95. The quantitative estimate of drug-likeness (QED) is 0.682. The molecule has 74 valence electrons. The molecular weight excluding hydrogens is 176 g/mol. The predicted molar refractivity (Wildman–Crippen MR) is 56.7 cm³/mol. The fourth-order valence-corrected chi connectivity index (χ4v) is 1.21. The van der Waals surface area contributed by atoms with Gasteiger partial charge in [-0.15, -0.1) is 0 Å². The first kappa shape index (κ1) is 10.5. The van der Waals surface area contributed by atoms with E-state index in [9.17, 15) is 4.79 Å². The fraction of sp³-hybridized carbons (Fsp3) is 0.250. The van der Waals surface area contributed by atoms with E-state index in [0.29, 0.717) is 6.47 Å². The van der Waals surface area contributed by atoms with Crippen LogP contribution < -0.4 is 0 Å². The zero-order valence-corrected chi connectivity index (χ0v) is 8.49. The molecule has 0 aliphatic rings. The molecule has 0 spiro atoms. The molecule has 1 aromatic rings. The molecule has 2 nitrogen and oxygen atoms in total. The molecule has 0 atom stereocenters. The molecular formula is C12H14O2. The molecule has 1 rings (SSSR count). The lowest BCUT2D eigenvalue weighted by atomic mass is 9.97. The second-order valence-corrected chi connectivity index (χ2v) is 3.55. The van der Waals surface area contributed by atoms with Crippen molar-refractivity contribution in [1.82, 2.24) is 0 Å². The van der Waals surface area contributed by atoms with Gasteiger partial charge in [0.1, 0.15) is 5.60 Å². The highest BCUT2D eigenvalue weighted by Gasteiger charge is 2.20. The van der Waals surface area contributed by atoms with E-state index >= 15 is 0 Å². The maximum Gasteiger partial charge on any atom is 0.293 e. The summed E-state index contributed by atoms with van der Waals surface area (Å²) in [5.74, 6) is 0. The van der Waals surface area contributed by atoms with Crippen molar-refractivity contribution < 1.29 is 9.53 Å². The molecule has 0 bridgehead atoms. The molecule has 0 aliphatic heterocycles. The molecule has 0 saturated carbocycles. The van der Waals surface area contributed by atoms with Crippen LogP contribution in [0.1, 0.15) is 25.0 Å². The van der Waals surface area contributed by atoms with Crippen LogP contribution in [0.3, 0.4) is 0 Å². The normalized spacial score (nSPS) is 10.7. The van der Waals surface area contributed by atoms with Crippen molar-refractivity contribution in [3.63, 3.8) is 0 Å². The summed E-state index contributed by atoms with van der Waals surface area (Å²) < 4.78 is 4.98. The number of hydrogen-bond acceptors (Lipinski definition) is 2. The van der Waals surface area contributed by atoms with E-state index in [1.807, 2.05) is 38.1 Å². The van der Waals surface area contributed by atoms with E-state index in [1.165, 1.54) is 0 Å². The summed E-state index contributed by atoms with van der Waals surface area (Å²) in [5.41, 5.74) is 1.45. The Labute approximate surface area is 84.2 Å². The summed E-state index contributed by atoms with van der Waals surface area (Å²) in [5, 5.41) is 0. The Kier molecular flexibility index (Phi) is 3.07. The summed E-state index contributed by atoms with van der Waals surface area (Å²) in [6, 6.07) is 7.75. The van der Waals surface area contributed by atoms with Crippen molar-refractivity contribution in [2.24, 2.45) is 0 Å². The van der Waals surface area contributed by atoms with Crippen LogP contribution in [-0.4, -0.2) is 6.47 Å². The van der Waals surface area contributed by atoms with Gasteiger partial charge in [0.05, 0.1) is 0 Å². The SMILES string of the molecule is C=Cc1ccc(C(C)(C)OC=O)cc1. The molecule has 0 saturated heterocycles. The molecule has 0 N–H and O–H groups in total. The number of hydrogen-bond donors (Lipinski definition) is 0. The van der Waals surface area contributed by atoms with Crippen LogP contribution in [0, 0.1) is 0 Å². The number of benzene rings is 1. The van der Waals surface area contributed by atoms with Crippen LogP contribution in [-0.2, 0) is 15.1 Å². The van der Waals surface area contributed by atoms with Gasteiger partial charge in [0, 0.05) is 0 Å². The van der Waals surface area contributed by atoms with Crippen LogP contribution >= 0.6 is 0 Å². The monoisotopic (exact) mass is 190 g/mol. The van der Waals surface area contributed by atoms with Gasteiger partial charge in [-0.2, -0.15) is 0 Å². The largest absolute Gasteiger partial charge is 0.457 e. The Morgan fingerprint density at radius 3 is 2.29 bits per heavy atom. The minimum atomic E-state index is -0.568. The molecule has 0 unspecified atom stereocenters. The van der Waals surface area contributed by atoms with E-state index in [1.54, 1.807) is 6.08 Å². The molecule has 2 heteroatoms. The third-order valence-corrected chi connectivity index (χ3v) is 2.18. The van der Waals surface area contributed by atoms with Crippen LogP contribution in [0.25, 0.3) is 6.08 Å². The number of carbonyl (C=O) groups excluding carboxylic acids is 1. The third-order valence-electron chi connectivity index (χ3n) is 2.18. The maximum absolute atomic E-state index is 10.3. The Morgan fingerprint density at radius 1 is 1.29 bits per heavy atom. The first-order valence-electron chi connectivity index (χ1n) is 4.44. The van der Waals surface area contributed by atoms with Crippen LogP contribution in [0.5, 0.6) is 0 Å². The molecule has 0 amide bonds. The minimum absolute atomic E-state index is 0.474. The van der Waals surface area contributed by atoms with Gasteiger partial charge < -0.3 is 4.74 Å². The average Bonchev–Trinajstić information content (AvgIpc) is 2.18. The Morgan fingerprint density at radius 2 is 1.86 bits per heavy atom. The summed E-state index contributed by atoms with van der Waals surface area (Å²) in [6.07, 6.45) is 1.78. The van der Waals surface area contributed by atoms with Gasteiger partial charge in [-0.1, -0.05) is 36.9 Å². The molecule has 0 aliphatic carbocycles. The topological polar surface area (TPSA) is 26.3 Å². The van der Waals surface area contributed by atoms with Gasteiger partial charge in [0.25, 0.3) is 6.47 Å². The Hall–Kier alpha value is -1.57. The molecule has 0 fully saturated rings. The lowest BCUT2D eigenvalue weighted by Gasteiger charge is -2.23. The first-order chi connectivity index (χ1) is 6.60. The van der Waals surface area contributed by atoms with Crippen LogP contribution in [0.15, 0.2) is 30.8 Å². The highest BCUT2D eigenvalue weighted by atomic mass is 16.5. The van der Waals surface area contributed by atoms with Gasteiger partial charge in [0.15, 0.2) is 0 Å². The summed E-state index contributed by atoms with van der Waals surface area (Å²) in [7, 11) is 0. The second-order valence-electron chi connectivity index (χ2n) is 3.55. The zero-order valence-electron chi connectivity index (χ0n) is 8.49. The molecule has 1 aromatic carbocycles. The van der Waals surface area contributed by atoms with Crippen LogP contribution in [0.2, 0.25) is 0 Å². The van der Waals surface area contributed by atoms with E-state index < -0.39 is 5.60 Å². The molecule has 0 heterocycles. The van der Waals surface area contributed by atoms with Crippen molar-refractivity contribution >= 4 is 12.5 Å². The predicted octanol–water partition coefficient (Wildman–Crippen LogP) is 2.74. The lowest BCUT2D eigenvalue weighted by molar-refractivity contribution is -0.141. The number of rotatable bonds is 4. The standard InChI is InChI=1S/C12H14O2/c1-4-10-5-7-11(8-6-10)12(2,3)14-9-13/h4-9H,1H2,2-3H3. The second kappa shape index (κ2) is 4.09. The summed E-state index contributed by atoms with van der Waals surface area (Å²) >= 11 is 0. The van der Waals surface area contributed by atoms with Gasteiger partial charge in [-0.05, 0) is 25.0 Å². The maximum atomic E-state index is 10.3.